The van der Waals surface area contributed by atoms with E-state index >= 15 is 0 Å². The molecule has 0 saturated heterocycles. The first-order chi connectivity index (χ1) is 8.18. The van der Waals surface area contributed by atoms with Crippen molar-refractivity contribution < 1.29 is 4.74 Å². The Morgan fingerprint density at radius 3 is 2.65 bits per heavy atom. The summed E-state index contributed by atoms with van der Waals surface area (Å²) in [6.07, 6.45) is 1.08. The number of benzene rings is 2. The van der Waals surface area contributed by atoms with Crippen LogP contribution in [0.3, 0.4) is 0 Å². The SMILES string of the molecule is CC(C)CCOc1ccc2ccccc2c1Br. The van der Waals surface area contributed by atoms with Crippen molar-refractivity contribution in [3.63, 3.8) is 0 Å². The standard InChI is InChI=1S/C15H17BrO/c1-11(2)9-10-17-14-8-7-12-5-3-4-6-13(12)15(14)16/h3-8,11H,9-10H2,1-2H3. The second-order valence-corrected chi connectivity index (χ2v) is 5.42. The predicted molar refractivity (Wildman–Crippen MR) is 76.6 cm³/mol. The third-order valence-corrected chi connectivity index (χ3v) is 3.60. The maximum atomic E-state index is 5.81. The van der Waals surface area contributed by atoms with Gasteiger partial charge in [-0.1, -0.05) is 44.2 Å². The van der Waals surface area contributed by atoms with Crippen LogP contribution in [-0.2, 0) is 0 Å². The molecule has 0 bridgehead atoms. The Morgan fingerprint density at radius 1 is 1.12 bits per heavy atom. The van der Waals surface area contributed by atoms with Gasteiger partial charge in [-0.15, -0.1) is 0 Å². The van der Waals surface area contributed by atoms with Crippen LogP contribution in [-0.4, -0.2) is 6.61 Å². The van der Waals surface area contributed by atoms with Crippen LogP contribution in [0.5, 0.6) is 5.75 Å². The summed E-state index contributed by atoms with van der Waals surface area (Å²) < 4.78 is 6.86. The fraction of sp³-hybridized carbons (Fsp3) is 0.333. The quantitative estimate of drug-likeness (QED) is 0.768. The molecule has 0 heterocycles. The monoisotopic (exact) mass is 292 g/mol. The average Bonchev–Trinajstić information content (AvgIpc) is 2.32. The molecule has 0 aliphatic rings. The number of hydrogen-bond acceptors (Lipinski definition) is 1. The molecule has 0 aromatic heterocycles. The van der Waals surface area contributed by atoms with Gasteiger partial charge >= 0.3 is 0 Å². The highest BCUT2D eigenvalue weighted by molar-refractivity contribution is 9.10. The van der Waals surface area contributed by atoms with Gasteiger partial charge in [0.05, 0.1) is 11.1 Å². The molecule has 0 fully saturated rings. The second kappa shape index (κ2) is 5.54. The summed E-state index contributed by atoms with van der Waals surface area (Å²) in [4.78, 5) is 0. The highest BCUT2D eigenvalue weighted by atomic mass is 79.9. The molecule has 1 nitrogen and oxygen atoms in total. The molecule has 0 aliphatic heterocycles. The van der Waals surface area contributed by atoms with E-state index < -0.39 is 0 Å². The minimum Gasteiger partial charge on any atom is -0.492 e. The predicted octanol–water partition coefficient (Wildman–Crippen LogP) is 5.03. The summed E-state index contributed by atoms with van der Waals surface area (Å²) in [6, 6.07) is 12.4. The van der Waals surface area contributed by atoms with Gasteiger partial charge in [-0.3, -0.25) is 0 Å². The van der Waals surface area contributed by atoms with Crippen LogP contribution in [0.15, 0.2) is 40.9 Å². The van der Waals surface area contributed by atoms with Gasteiger partial charge in [-0.05, 0) is 45.1 Å². The van der Waals surface area contributed by atoms with Gasteiger partial charge < -0.3 is 4.74 Å². The maximum absolute atomic E-state index is 5.81. The lowest BCUT2D eigenvalue weighted by atomic mass is 10.1. The third-order valence-electron chi connectivity index (χ3n) is 2.78. The van der Waals surface area contributed by atoms with Crippen molar-refractivity contribution in [1.29, 1.82) is 0 Å². The number of hydrogen-bond donors (Lipinski definition) is 0. The first-order valence-corrected chi connectivity index (χ1v) is 6.78. The average molecular weight is 293 g/mol. The van der Waals surface area contributed by atoms with E-state index in [-0.39, 0.29) is 0 Å². The summed E-state index contributed by atoms with van der Waals surface area (Å²) in [7, 11) is 0. The minimum atomic E-state index is 0.675. The lowest BCUT2D eigenvalue weighted by Crippen LogP contribution is -2.01. The zero-order chi connectivity index (χ0) is 12.3. The Kier molecular flexibility index (Phi) is 4.06. The highest BCUT2D eigenvalue weighted by Gasteiger charge is 2.05. The zero-order valence-electron chi connectivity index (χ0n) is 10.2. The fourth-order valence-corrected chi connectivity index (χ4v) is 2.34. The van der Waals surface area contributed by atoms with Crippen molar-refractivity contribution in [3.8, 4) is 5.75 Å². The van der Waals surface area contributed by atoms with E-state index in [1.165, 1.54) is 10.8 Å². The number of ether oxygens (including phenoxy) is 1. The van der Waals surface area contributed by atoms with E-state index in [1.54, 1.807) is 0 Å². The van der Waals surface area contributed by atoms with Gasteiger partial charge in [-0.2, -0.15) is 0 Å². The molecular formula is C15H17BrO. The van der Waals surface area contributed by atoms with E-state index in [1.807, 2.05) is 18.2 Å². The van der Waals surface area contributed by atoms with Gasteiger partial charge in [0.2, 0.25) is 0 Å². The lowest BCUT2D eigenvalue weighted by Gasteiger charge is -2.11. The smallest absolute Gasteiger partial charge is 0.134 e. The third kappa shape index (κ3) is 3.01. The van der Waals surface area contributed by atoms with E-state index in [2.05, 4.69) is 48.0 Å². The van der Waals surface area contributed by atoms with Crippen LogP contribution < -0.4 is 4.74 Å². The van der Waals surface area contributed by atoms with Crippen LogP contribution in [0.4, 0.5) is 0 Å². The van der Waals surface area contributed by atoms with Crippen LogP contribution >= 0.6 is 15.9 Å². The Bertz CT molecular complexity index is 505. The molecule has 2 rings (SSSR count). The van der Waals surface area contributed by atoms with Crippen LogP contribution in [0.2, 0.25) is 0 Å². The summed E-state index contributed by atoms with van der Waals surface area (Å²) in [5.74, 6) is 1.61. The van der Waals surface area contributed by atoms with Crippen molar-refractivity contribution in [2.45, 2.75) is 20.3 Å². The Balaban J connectivity index is 2.21. The largest absolute Gasteiger partial charge is 0.492 e. The molecule has 2 aromatic rings. The number of fused-ring (bicyclic) bond motifs is 1. The molecule has 2 heteroatoms. The second-order valence-electron chi connectivity index (χ2n) is 4.63. The molecule has 0 aliphatic carbocycles. The minimum absolute atomic E-state index is 0.675. The molecular weight excluding hydrogens is 276 g/mol. The van der Waals surface area contributed by atoms with Gasteiger partial charge in [0, 0.05) is 0 Å². The zero-order valence-corrected chi connectivity index (χ0v) is 11.8. The Hall–Kier alpha value is -1.02. The lowest BCUT2D eigenvalue weighted by molar-refractivity contribution is 0.288. The molecule has 90 valence electrons. The molecule has 0 spiro atoms. The Labute approximate surface area is 111 Å². The summed E-state index contributed by atoms with van der Waals surface area (Å²) in [5.41, 5.74) is 0. The summed E-state index contributed by atoms with van der Waals surface area (Å²) >= 11 is 3.62. The fourth-order valence-electron chi connectivity index (χ4n) is 1.73. The van der Waals surface area contributed by atoms with Crippen molar-refractivity contribution in [1.82, 2.24) is 0 Å². The van der Waals surface area contributed by atoms with Gasteiger partial charge in [0.25, 0.3) is 0 Å². The first-order valence-electron chi connectivity index (χ1n) is 5.98. The van der Waals surface area contributed by atoms with Crippen LogP contribution in [0, 0.1) is 5.92 Å². The Morgan fingerprint density at radius 2 is 1.88 bits per heavy atom. The molecule has 0 radical (unpaired) electrons. The van der Waals surface area contributed by atoms with Crippen LogP contribution in [0.1, 0.15) is 20.3 Å². The van der Waals surface area contributed by atoms with E-state index in [0.29, 0.717) is 5.92 Å². The van der Waals surface area contributed by atoms with Gasteiger partial charge in [0.1, 0.15) is 5.75 Å². The van der Waals surface area contributed by atoms with E-state index in [0.717, 1.165) is 23.2 Å². The van der Waals surface area contributed by atoms with Crippen LogP contribution in [0.25, 0.3) is 10.8 Å². The number of rotatable bonds is 4. The molecule has 0 unspecified atom stereocenters. The molecule has 0 amide bonds. The van der Waals surface area contributed by atoms with Crippen molar-refractivity contribution in [2.75, 3.05) is 6.61 Å². The molecule has 17 heavy (non-hydrogen) atoms. The van der Waals surface area contributed by atoms with Crippen molar-refractivity contribution in [3.05, 3.63) is 40.9 Å². The summed E-state index contributed by atoms with van der Waals surface area (Å²) in [6.45, 7) is 5.19. The normalized spacial score (nSPS) is 11.1. The van der Waals surface area contributed by atoms with Crippen molar-refractivity contribution in [2.24, 2.45) is 5.92 Å². The molecule has 0 atom stereocenters. The molecule has 2 aromatic carbocycles. The number of halogens is 1. The molecule has 0 saturated carbocycles. The first kappa shape index (κ1) is 12.4. The van der Waals surface area contributed by atoms with E-state index in [9.17, 15) is 0 Å². The van der Waals surface area contributed by atoms with Gasteiger partial charge in [-0.25, -0.2) is 0 Å². The summed E-state index contributed by atoms with van der Waals surface area (Å²) in [5, 5.41) is 2.44. The molecule has 0 N–H and O–H groups in total. The maximum Gasteiger partial charge on any atom is 0.134 e. The van der Waals surface area contributed by atoms with Gasteiger partial charge in [0.15, 0.2) is 0 Å². The van der Waals surface area contributed by atoms with Crippen molar-refractivity contribution >= 4 is 26.7 Å². The highest BCUT2D eigenvalue weighted by Crippen LogP contribution is 2.33. The van der Waals surface area contributed by atoms with E-state index in [4.69, 9.17) is 4.74 Å². The topological polar surface area (TPSA) is 9.23 Å².